The number of imidazole rings is 1. The van der Waals surface area contributed by atoms with E-state index in [-0.39, 0.29) is 6.10 Å². The lowest BCUT2D eigenvalue weighted by molar-refractivity contribution is 0.119. The standard InChI is InChI=1S/C16H19N3O2S/c1-10(20)15-18-13-6-4-5-7-14(13)19(15)8-12-9-22-16(17-12)11(2)21-3/h4-7,9-11,20H,8H2,1-3H3/t10-,11-/m1/s1. The first-order chi connectivity index (χ1) is 10.6. The van der Waals surface area contributed by atoms with Crippen LogP contribution in [0.5, 0.6) is 0 Å². The fraction of sp³-hybridized carbons (Fsp3) is 0.375. The number of benzene rings is 1. The first-order valence-corrected chi connectivity index (χ1v) is 8.08. The Morgan fingerprint density at radius 2 is 2.05 bits per heavy atom. The van der Waals surface area contributed by atoms with Crippen molar-refractivity contribution in [3.8, 4) is 0 Å². The number of thiazole rings is 1. The predicted molar refractivity (Wildman–Crippen MR) is 87.0 cm³/mol. The lowest BCUT2D eigenvalue weighted by Gasteiger charge is -2.09. The molecule has 3 aromatic rings. The summed E-state index contributed by atoms with van der Waals surface area (Å²) in [7, 11) is 1.68. The van der Waals surface area contributed by atoms with Gasteiger partial charge in [0.2, 0.25) is 0 Å². The van der Waals surface area contributed by atoms with Crippen LogP contribution >= 0.6 is 11.3 Å². The fourth-order valence-electron chi connectivity index (χ4n) is 2.42. The molecule has 0 saturated carbocycles. The van der Waals surface area contributed by atoms with Crippen LogP contribution in [0.3, 0.4) is 0 Å². The molecule has 0 bridgehead atoms. The Balaban J connectivity index is 1.99. The molecule has 0 fully saturated rings. The number of hydrogen-bond donors (Lipinski definition) is 1. The van der Waals surface area contributed by atoms with Crippen molar-refractivity contribution in [3.63, 3.8) is 0 Å². The number of aromatic nitrogens is 3. The van der Waals surface area contributed by atoms with Gasteiger partial charge < -0.3 is 14.4 Å². The molecule has 0 radical (unpaired) electrons. The second kappa shape index (κ2) is 6.16. The average Bonchev–Trinajstić information content (AvgIpc) is 3.12. The zero-order valence-electron chi connectivity index (χ0n) is 12.9. The van der Waals surface area contributed by atoms with Crippen LogP contribution in [-0.2, 0) is 11.3 Å². The van der Waals surface area contributed by atoms with Crippen molar-refractivity contribution in [2.45, 2.75) is 32.6 Å². The zero-order valence-corrected chi connectivity index (χ0v) is 13.7. The average molecular weight is 317 g/mol. The number of nitrogens with zero attached hydrogens (tertiary/aromatic N) is 3. The highest BCUT2D eigenvalue weighted by Gasteiger charge is 2.16. The predicted octanol–water partition coefficient (Wildman–Crippen LogP) is 3.30. The summed E-state index contributed by atoms with van der Waals surface area (Å²) in [5, 5.41) is 13.0. The third-order valence-corrected chi connectivity index (χ3v) is 4.70. The topological polar surface area (TPSA) is 60.2 Å². The van der Waals surface area contributed by atoms with E-state index in [1.165, 1.54) is 0 Å². The molecule has 2 aromatic heterocycles. The Hall–Kier alpha value is -1.76. The fourth-order valence-corrected chi connectivity index (χ4v) is 3.27. The van der Waals surface area contributed by atoms with Gasteiger partial charge in [0, 0.05) is 12.5 Å². The first-order valence-electron chi connectivity index (χ1n) is 7.20. The maximum Gasteiger partial charge on any atom is 0.138 e. The molecule has 116 valence electrons. The van der Waals surface area contributed by atoms with Gasteiger partial charge in [0.25, 0.3) is 0 Å². The lowest BCUT2D eigenvalue weighted by Crippen LogP contribution is -2.08. The molecule has 0 amide bonds. The van der Waals surface area contributed by atoms with Crippen molar-refractivity contribution in [1.29, 1.82) is 0 Å². The van der Waals surface area contributed by atoms with Crippen LogP contribution in [0.1, 0.15) is 42.6 Å². The summed E-state index contributed by atoms with van der Waals surface area (Å²) in [5.74, 6) is 0.663. The molecule has 0 spiro atoms. The highest BCUT2D eigenvalue weighted by atomic mass is 32.1. The molecule has 3 rings (SSSR count). The van der Waals surface area contributed by atoms with Gasteiger partial charge in [-0.1, -0.05) is 12.1 Å². The molecule has 0 unspecified atom stereocenters. The van der Waals surface area contributed by atoms with Gasteiger partial charge in [-0.3, -0.25) is 0 Å². The quantitative estimate of drug-likeness (QED) is 0.784. The number of rotatable bonds is 5. The van der Waals surface area contributed by atoms with E-state index in [4.69, 9.17) is 4.74 Å². The van der Waals surface area contributed by atoms with Crippen molar-refractivity contribution in [1.82, 2.24) is 14.5 Å². The molecule has 0 aliphatic heterocycles. The van der Waals surface area contributed by atoms with Crippen LogP contribution in [0.2, 0.25) is 0 Å². The smallest absolute Gasteiger partial charge is 0.138 e. The van der Waals surface area contributed by atoms with E-state index in [9.17, 15) is 5.11 Å². The van der Waals surface area contributed by atoms with Gasteiger partial charge in [-0.2, -0.15) is 0 Å². The second-order valence-corrected chi connectivity index (χ2v) is 6.17. The normalized spacial score (nSPS) is 14.4. The minimum atomic E-state index is -0.622. The Kier molecular flexibility index (Phi) is 4.24. The molecule has 22 heavy (non-hydrogen) atoms. The molecule has 2 heterocycles. The number of ether oxygens (including phenoxy) is 1. The van der Waals surface area contributed by atoms with E-state index in [2.05, 4.69) is 9.97 Å². The van der Waals surface area contributed by atoms with Gasteiger partial charge in [-0.15, -0.1) is 11.3 Å². The van der Waals surface area contributed by atoms with Crippen LogP contribution in [0.25, 0.3) is 11.0 Å². The molecular formula is C16H19N3O2S. The molecule has 6 heteroatoms. The van der Waals surface area contributed by atoms with Crippen molar-refractivity contribution < 1.29 is 9.84 Å². The molecule has 1 aromatic carbocycles. The van der Waals surface area contributed by atoms with Crippen LogP contribution in [0.4, 0.5) is 0 Å². The van der Waals surface area contributed by atoms with E-state index >= 15 is 0 Å². The van der Waals surface area contributed by atoms with Crippen LogP contribution in [0.15, 0.2) is 29.6 Å². The Morgan fingerprint density at radius 1 is 1.27 bits per heavy atom. The first kappa shape index (κ1) is 15.1. The summed E-state index contributed by atoms with van der Waals surface area (Å²) in [6, 6.07) is 7.90. The third-order valence-electron chi connectivity index (χ3n) is 3.65. The highest BCUT2D eigenvalue weighted by Crippen LogP contribution is 2.24. The largest absolute Gasteiger partial charge is 0.385 e. The van der Waals surface area contributed by atoms with Gasteiger partial charge in [-0.05, 0) is 26.0 Å². The van der Waals surface area contributed by atoms with Gasteiger partial charge >= 0.3 is 0 Å². The molecule has 0 aliphatic carbocycles. The van der Waals surface area contributed by atoms with E-state index in [0.29, 0.717) is 12.4 Å². The van der Waals surface area contributed by atoms with E-state index in [1.54, 1.807) is 25.4 Å². The molecule has 5 nitrogen and oxygen atoms in total. The zero-order chi connectivity index (χ0) is 15.7. The molecule has 0 saturated heterocycles. The van der Waals surface area contributed by atoms with Crippen LogP contribution < -0.4 is 0 Å². The maximum absolute atomic E-state index is 9.99. The molecular weight excluding hydrogens is 298 g/mol. The molecule has 0 aliphatic rings. The summed E-state index contributed by atoms with van der Waals surface area (Å²) >= 11 is 1.59. The van der Waals surface area contributed by atoms with Crippen molar-refractivity contribution >= 4 is 22.4 Å². The van der Waals surface area contributed by atoms with Crippen LogP contribution in [-0.4, -0.2) is 26.8 Å². The van der Waals surface area contributed by atoms with E-state index in [1.807, 2.05) is 41.1 Å². The lowest BCUT2D eigenvalue weighted by atomic mass is 10.3. The second-order valence-electron chi connectivity index (χ2n) is 5.28. The minimum Gasteiger partial charge on any atom is -0.385 e. The number of methoxy groups -OCH3 is 1. The van der Waals surface area contributed by atoms with Crippen LogP contribution in [0, 0.1) is 0 Å². The Morgan fingerprint density at radius 3 is 2.77 bits per heavy atom. The summed E-state index contributed by atoms with van der Waals surface area (Å²) in [5.41, 5.74) is 2.85. The maximum atomic E-state index is 9.99. The summed E-state index contributed by atoms with van der Waals surface area (Å²) in [4.78, 5) is 9.16. The summed E-state index contributed by atoms with van der Waals surface area (Å²) < 4.78 is 7.33. The summed E-state index contributed by atoms with van der Waals surface area (Å²) in [6.45, 7) is 4.31. The monoisotopic (exact) mass is 317 g/mol. The van der Waals surface area contributed by atoms with Crippen molar-refractivity contribution in [2.75, 3.05) is 7.11 Å². The number of hydrogen-bond acceptors (Lipinski definition) is 5. The van der Waals surface area contributed by atoms with Gasteiger partial charge in [0.15, 0.2) is 0 Å². The minimum absolute atomic E-state index is 0.00508. The van der Waals surface area contributed by atoms with Crippen molar-refractivity contribution in [2.24, 2.45) is 0 Å². The number of fused-ring (bicyclic) bond motifs is 1. The Labute approximate surface area is 133 Å². The molecule has 1 N–H and O–H groups in total. The third kappa shape index (κ3) is 2.77. The number of para-hydroxylation sites is 2. The Bertz CT molecular complexity index is 779. The number of aliphatic hydroxyl groups excluding tert-OH is 1. The van der Waals surface area contributed by atoms with Gasteiger partial charge in [-0.25, -0.2) is 9.97 Å². The van der Waals surface area contributed by atoms with E-state index < -0.39 is 6.10 Å². The molecule has 2 atom stereocenters. The summed E-state index contributed by atoms with van der Waals surface area (Å²) in [6.07, 6.45) is -0.627. The number of aliphatic hydroxyl groups is 1. The van der Waals surface area contributed by atoms with Gasteiger partial charge in [0.1, 0.15) is 23.0 Å². The van der Waals surface area contributed by atoms with Crippen molar-refractivity contribution in [3.05, 3.63) is 46.2 Å². The van der Waals surface area contributed by atoms with Gasteiger partial charge in [0.05, 0.1) is 23.3 Å². The SMILES string of the molecule is CO[C@H](C)c1nc(Cn2c([C@@H](C)O)nc3ccccc32)cs1. The van der Waals surface area contributed by atoms with E-state index in [0.717, 1.165) is 21.7 Å². The highest BCUT2D eigenvalue weighted by molar-refractivity contribution is 7.09.